The Labute approximate surface area is 188 Å². The maximum Gasteiger partial charge on any atom is 0.225 e. The third-order valence-electron chi connectivity index (χ3n) is 4.74. The van der Waals surface area contributed by atoms with E-state index in [1.807, 2.05) is 37.3 Å². The summed E-state index contributed by atoms with van der Waals surface area (Å²) in [7, 11) is 0. The Hall–Kier alpha value is -2.16. The molecule has 1 aliphatic heterocycles. The highest BCUT2D eigenvalue weighted by Gasteiger charge is 2.24. The molecule has 0 spiro atoms. The predicted octanol–water partition coefficient (Wildman–Crippen LogP) is 4.06. The molecule has 0 fully saturated rings. The van der Waals surface area contributed by atoms with E-state index < -0.39 is 0 Å². The van der Waals surface area contributed by atoms with Gasteiger partial charge in [0, 0.05) is 31.1 Å². The van der Waals surface area contributed by atoms with Gasteiger partial charge in [-0.05, 0) is 49.1 Å². The summed E-state index contributed by atoms with van der Waals surface area (Å²) in [6, 6.07) is 14.6. The Morgan fingerprint density at radius 2 is 2.03 bits per heavy atom. The number of aliphatic imine (C=N–C) groups is 1. The maximum absolute atomic E-state index is 13.2. The Morgan fingerprint density at radius 3 is 2.83 bits per heavy atom. The molecule has 2 aromatic rings. The van der Waals surface area contributed by atoms with Crippen LogP contribution < -0.4 is 16.0 Å². The molecule has 0 saturated heterocycles. The summed E-state index contributed by atoms with van der Waals surface area (Å²) in [4.78, 5) is 16.6. The molecule has 5 nitrogen and oxygen atoms in total. The average Bonchev–Trinajstić information content (AvgIpc) is 2.69. The fourth-order valence-electron chi connectivity index (χ4n) is 3.40. The molecule has 0 aromatic heterocycles. The van der Waals surface area contributed by atoms with Gasteiger partial charge in [0.05, 0.1) is 6.54 Å². The molecule has 3 N–H and O–H groups in total. The number of anilines is 1. The number of carbonyl (C=O) groups is 1. The van der Waals surface area contributed by atoms with Crippen LogP contribution in [0.2, 0.25) is 0 Å². The Balaban J connectivity index is 0.00000300. The molecule has 29 heavy (non-hydrogen) atoms. The highest BCUT2D eigenvalue weighted by Crippen LogP contribution is 2.31. The number of carbonyl (C=O) groups excluding carboxylic acids is 1. The minimum Gasteiger partial charge on any atom is -0.357 e. The Morgan fingerprint density at radius 1 is 1.21 bits per heavy atom. The van der Waals surface area contributed by atoms with Crippen molar-refractivity contribution in [2.24, 2.45) is 4.99 Å². The largest absolute Gasteiger partial charge is 0.357 e. The van der Waals surface area contributed by atoms with E-state index in [1.54, 1.807) is 12.1 Å². The first-order valence-electron chi connectivity index (χ1n) is 9.81. The zero-order valence-electron chi connectivity index (χ0n) is 16.6. The molecule has 0 aliphatic carbocycles. The zero-order chi connectivity index (χ0) is 19.8. The number of nitrogens with zero attached hydrogens (tertiary/aromatic N) is 1. The minimum atomic E-state index is -0.197. The van der Waals surface area contributed by atoms with Gasteiger partial charge in [-0.3, -0.25) is 9.79 Å². The molecule has 1 amide bonds. The number of guanidine groups is 1. The van der Waals surface area contributed by atoms with E-state index in [0.717, 1.165) is 48.7 Å². The number of hydrogen-bond acceptors (Lipinski definition) is 2. The first kappa shape index (κ1) is 23.1. The molecule has 156 valence electrons. The van der Waals surface area contributed by atoms with Crippen molar-refractivity contribution in [3.63, 3.8) is 0 Å². The number of para-hydroxylation sites is 1. The lowest BCUT2D eigenvalue weighted by Crippen LogP contribution is -2.38. The van der Waals surface area contributed by atoms with Gasteiger partial charge in [0.2, 0.25) is 5.91 Å². The van der Waals surface area contributed by atoms with Gasteiger partial charge in [-0.1, -0.05) is 30.3 Å². The van der Waals surface area contributed by atoms with E-state index in [2.05, 4.69) is 20.9 Å². The van der Waals surface area contributed by atoms with Gasteiger partial charge in [-0.2, -0.15) is 0 Å². The van der Waals surface area contributed by atoms with Crippen LogP contribution in [0.3, 0.4) is 0 Å². The molecular weight excluding hydrogens is 482 g/mol. The normalized spacial score (nSPS) is 15.7. The molecule has 0 saturated carbocycles. The van der Waals surface area contributed by atoms with Gasteiger partial charge in [0.25, 0.3) is 0 Å². The van der Waals surface area contributed by atoms with Gasteiger partial charge in [-0.25, -0.2) is 4.39 Å². The Bertz CT molecular complexity index is 843. The second-order valence-electron chi connectivity index (χ2n) is 6.92. The van der Waals surface area contributed by atoms with Crippen LogP contribution in [-0.2, 0) is 11.2 Å². The SMILES string of the molecule is CCNC(=NCC1CC(=O)Nc2ccccc21)NCCCc1cccc(F)c1.I. The minimum absolute atomic E-state index is 0. The van der Waals surface area contributed by atoms with Crippen molar-refractivity contribution in [3.8, 4) is 0 Å². The van der Waals surface area contributed by atoms with Crippen LogP contribution in [0.25, 0.3) is 0 Å². The molecular formula is C22H28FIN4O. The summed E-state index contributed by atoms with van der Waals surface area (Å²) in [5.41, 5.74) is 3.01. The van der Waals surface area contributed by atoms with Gasteiger partial charge in [0.1, 0.15) is 5.82 Å². The van der Waals surface area contributed by atoms with Crippen LogP contribution in [0.4, 0.5) is 10.1 Å². The lowest BCUT2D eigenvalue weighted by molar-refractivity contribution is -0.116. The van der Waals surface area contributed by atoms with Crippen molar-refractivity contribution >= 4 is 41.5 Å². The molecule has 0 radical (unpaired) electrons. The first-order chi connectivity index (χ1) is 13.7. The number of amides is 1. The lowest BCUT2D eigenvalue weighted by Gasteiger charge is -2.24. The van der Waals surface area contributed by atoms with Crippen molar-refractivity contribution < 1.29 is 9.18 Å². The third-order valence-corrected chi connectivity index (χ3v) is 4.74. The van der Waals surface area contributed by atoms with Crippen LogP contribution in [0, 0.1) is 5.82 Å². The molecule has 1 aliphatic rings. The number of rotatable bonds is 7. The quantitative estimate of drug-likeness (QED) is 0.228. The average molecular weight is 510 g/mol. The topological polar surface area (TPSA) is 65.5 Å². The summed E-state index contributed by atoms with van der Waals surface area (Å²) in [6.45, 7) is 4.07. The number of fused-ring (bicyclic) bond motifs is 1. The molecule has 7 heteroatoms. The van der Waals surface area contributed by atoms with Crippen LogP contribution in [0.5, 0.6) is 0 Å². The van der Waals surface area contributed by atoms with Gasteiger partial charge in [-0.15, -0.1) is 24.0 Å². The standard InChI is InChI=1S/C22H27FN4O.HI/c1-2-24-22(25-12-6-8-16-7-5-9-18(23)13-16)26-15-17-14-21(28)27-20-11-4-3-10-19(17)20;/h3-5,7,9-11,13,17H,2,6,8,12,14-15H2,1H3,(H,27,28)(H2,24,25,26);1H. The number of nitrogens with one attached hydrogen (secondary N) is 3. The van der Waals surface area contributed by atoms with Crippen molar-refractivity contribution in [1.82, 2.24) is 10.6 Å². The summed E-state index contributed by atoms with van der Waals surface area (Å²) < 4.78 is 13.2. The molecule has 1 heterocycles. The van der Waals surface area contributed by atoms with Crippen molar-refractivity contribution in [2.75, 3.05) is 25.0 Å². The van der Waals surface area contributed by atoms with Gasteiger partial charge in [0.15, 0.2) is 5.96 Å². The van der Waals surface area contributed by atoms with Gasteiger partial charge >= 0.3 is 0 Å². The number of aryl methyl sites for hydroxylation is 1. The lowest BCUT2D eigenvalue weighted by atomic mass is 9.91. The molecule has 2 aromatic carbocycles. The highest BCUT2D eigenvalue weighted by molar-refractivity contribution is 14.0. The monoisotopic (exact) mass is 510 g/mol. The maximum atomic E-state index is 13.2. The van der Waals surface area contributed by atoms with Crippen molar-refractivity contribution in [3.05, 3.63) is 65.5 Å². The number of halogens is 2. The third kappa shape index (κ3) is 6.99. The molecule has 0 bridgehead atoms. The number of hydrogen-bond donors (Lipinski definition) is 3. The fraction of sp³-hybridized carbons (Fsp3) is 0.364. The fourth-order valence-corrected chi connectivity index (χ4v) is 3.40. The summed E-state index contributed by atoms with van der Waals surface area (Å²) in [5.74, 6) is 0.655. The molecule has 3 rings (SSSR count). The van der Waals surface area contributed by atoms with Crippen molar-refractivity contribution in [1.29, 1.82) is 0 Å². The van der Waals surface area contributed by atoms with Crippen LogP contribution in [0.15, 0.2) is 53.5 Å². The van der Waals surface area contributed by atoms with Crippen molar-refractivity contribution in [2.45, 2.75) is 32.1 Å². The second-order valence-corrected chi connectivity index (χ2v) is 6.92. The van der Waals surface area contributed by atoms with Crippen LogP contribution in [0.1, 0.15) is 36.8 Å². The summed E-state index contributed by atoms with van der Waals surface area (Å²) in [6.07, 6.45) is 2.13. The summed E-state index contributed by atoms with van der Waals surface area (Å²) >= 11 is 0. The molecule has 1 unspecified atom stereocenters. The zero-order valence-corrected chi connectivity index (χ0v) is 18.9. The predicted molar refractivity (Wildman–Crippen MR) is 127 cm³/mol. The van der Waals surface area contributed by atoms with Crippen LogP contribution in [-0.4, -0.2) is 31.5 Å². The van der Waals surface area contributed by atoms with E-state index in [-0.39, 0.29) is 41.6 Å². The van der Waals surface area contributed by atoms with E-state index in [0.29, 0.717) is 13.0 Å². The van der Waals surface area contributed by atoms with E-state index in [1.165, 1.54) is 6.07 Å². The molecule has 1 atom stereocenters. The van der Waals surface area contributed by atoms with E-state index in [4.69, 9.17) is 0 Å². The Kier molecular flexibility index (Phi) is 9.37. The number of benzene rings is 2. The van der Waals surface area contributed by atoms with E-state index >= 15 is 0 Å². The smallest absolute Gasteiger partial charge is 0.225 e. The van der Waals surface area contributed by atoms with Gasteiger partial charge < -0.3 is 16.0 Å². The highest BCUT2D eigenvalue weighted by atomic mass is 127. The second kappa shape index (κ2) is 11.7. The first-order valence-corrected chi connectivity index (χ1v) is 9.81. The van der Waals surface area contributed by atoms with Crippen LogP contribution >= 0.6 is 24.0 Å². The summed E-state index contributed by atoms with van der Waals surface area (Å²) in [5, 5.41) is 9.49. The van der Waals surface area contributed by atoms with E-state index in [9.17, 15) is 9.18 Å².